The summed E-state index contributed by atoms with van der Waals surface area (Å²) in [6.45, 7) is 3.24. The van der Waals surface area contributed by atoms with Gasteiger partial charge in [-0.1, -0.05) is 0 Å². The number of ether oxygens (including phenoxy) is 2. The highest BCUT2D eigenvalue weighted by Crippen LogP contribution is 2.55. The molecule has 7 heteroatoms. The SMILES string of the molecule is COc1cc2ncnc(N3CCC(C4(CNI)CC4)CC3)c2cc1OC. The molecule has 1 aromatic heterocycles. The van der Waals surface area contributed by atoms with Gasteiger partial charge in [-0.3, -0.25) is 3.53 Å². The van der Waals surface area contributed by atoms with Gasteiger partial charge in [-0.05, 0) is 43.1 Å². The van der Waals surface area contributed by atoms with Crippen LogP contribution in [0.15, 0.2) is 18.5 Å². The summed E-state index contributed by atoms with van der Waals surface area (Å²) in [4.78, 5) is 11.4. The fraction of sp³-hybridized carbons (Fsp3) is 0.579. The molecule has 26 heavy (non-hydrogen) atoms. The lowest BCUT2D eigenvalue weighted by molar-refractivity contribution is 0.256. The number of hydrogen-bond donors (Lipinski definition) is 1. The van der Waals surface area contributed by atoms with Crippen LogP contribution in [0.2, 0.25) is 0 Å². The second kappa shape index (κ2) is 7.34. The molecule has 1 aromatic carbocycles. The number of hydrogen-bond acceptors (Lipinski definition) is 6. The second-order valence-corrected chi connectivity index (χ2v) is 8.12. The number of piperidine rings is 1. The maximum atomic E-state index is 5.48. The molecule has 1 N–H and O–H groups in total. The molecular weight excluding hydrogens is 443 g/mol. The quantitative estimate of drug-likeness (QED) is 0.517. The monoisotopic (exact) mass is 468 g/mol. The molecule has 2 aliphatic rings. The van der Waals surface area contributed by atoms with Crippen molar-refractivity contribution in [3.63, 3.8) is 0 Å². The van der Waals surface area contributed by atoms with E-state index in [2.05, 4.69) is 41.3 Å². The molecule has 1 aliphatic heterocycles. The lowest BCUT2D eigenvalue weighted by atomic mass is 9.81. The normalized spacial score (nSPS) is 19.6. The molecule has 140 valence electrons. The molecule has 1 saturated carbocycles. The van der Waals surface area contributed by atoms with Crippen molar-refractivity contribution >= 4 is 39.6 Å². The van der Waals surface area contributed by atoms with Crippen LogP contribution in [0.1, 0.15) is 25.7 Å². The number of anilines is 1. The van der Waals surface area contributed by atoms with Gasteiger partial charge in [-0.25, -0.2) is 9.97 Å². The van der Waals surface area contributed by atoms with Crippen LogP contribution in [0, 0.1) is 11.3 Å². The maximum absolute atomic E-state index is 5.48. The third-order valence-corrected chi connectivity index (χ3v) is 6.47. The van der Waals surface area contributed by atoms with Crippen molar-refractivity contribution in [3.05, 3.63) is 18.5 Å². The minimum atomic E-state index is 0.553. The van der Waals surface area contributed by atoms with E-state index in [4.69, 9.17) is 9.47 Å². The van der Waals surface area contributed by atoms with Crippen molar-refractivity contribution in [2.24, 2.45) is 11.3 Å². The van der Waals surface area contributed by atoms with Crippen LogP contribution < -0.4 is 17.9 Å². The lowest BCUT2D eigenvalue weighted by Crippen LogP contribution is -2.39. The van der Waals surface area contributed by atoms with Crippen LogP contribution in [0.25, 0.3) is 10.9 Å². The van der Waals surface area contributed by atoms with Crippen molar-refractivity contribution < 1.29 is 9.47 Å². The number of nitrogens with zero attached hydrogens (tertiary/aromatic N) is 3. The predicted molar refractivity (Wildman–Crippen MR) is 111 cm³/mol. The Morgan fingerprint density at radius 3 is 2.46 bits per heavy atom. The van der Waals surface area contributed by atoms with Crippen LogP contribution in [-0.2, 0) is 0 Å². The van der Waals surface area contributed by atoms with Gasteiger partial charge in [0.25, 0.3) is 0 Å². The van der Waals surface area contributed by atoms with Crippen LogP contribution in [0.3, 0.4) is 0 Å². The first kappa shape index (κ1) is 18.0. The number of halogens is 1. The summed E-state index contributed by atoms with van der Waals surface area (Å²) in [5.41, 5.74) is 1.44. The molecule has 2 fully saturated rings. The molecule has 0 amide bonds. The molecule has 4 rings (SSSR count). The number of fused-ring (bicyclic) bond motifs is 1. The highest BCUT2D eigenvalue weighted by atomic mass is 127. The highest BCUT2D eigenvalue weighted by Gasteiger charge is 2.49. The summed E-state index contributed by atoms with van der Waals surface area (Å²) in [5, 5.41) is 1.03. The Morgan fingerprint density at radius 2 is 1.85 bits per heavy atom. The molecule has 0 bridgehead atoms. The molecule has 2 aromatic rings. The Hall–Kier alpha value is -1.35. The average Bonchev–Trinajstić information content (AvgIpc) is 3.47. The number of methoxy groups -OCH3 is 2. The Kier molecular flexibility index (Phi) is 5.09. The number of aromatic nitrogens is 2. The van der Waals surface area contributed by atoms with Crippen molar-refractivity contribution in [2.75, 3.05) is 38.8 Å². The molecule has 6 nitrogen and oxygen atoms in total. The first-order valence-corrected chi connectivity index (χ1v) is 10.2. The zero-order valence-electron chi connectivity index (χ0n) is 15.3. The van der Waals surface area contributed by atoms with E-state index in [9.17, 15) is 0 Å². The topological polar surface area (TPSA) is 59.5 Å². The second-order valence-electron chi connectivity index (χ2n) is 7.36. The van der Waals surface area contributed by atoms with Crippen molar-refractivity contribution in [2.45, 2.75) is 25.7 Å². The highest BCUT2D eigenvalue weighted by molar-refractivity contribution is 14.1. The summed E-state index contributed by atoms with van der Waals surface area (Å²) >= 11 is 2.28. The first-order valence-electron chi connectivity index (χ1n) is 9.16. The number of benzene rings is 1. The van der Waals surface area contributed by atoms with Gasteiger partial charge in [0, 0.05) is 54.0 Å². The Balaban J connectivity index is 1.58. The maximum Gasteiger partial charge on any atom is 0.162 e. The Labute approximate surface area is 168 Å². The van der Waals surface area contributed by atoms with Crippen LogP contribution in [0.5, 0.6) is 11.5 Å². The van der Waals surface area contributed by atoms with E-state index in [-0.39, 0.29) is 0 Å². The molecule has 2 heterocycles. The van der Waals surface area contributed by atoms with Gasteiger partial charge in [0.05, 0.1) is 19.7 Å². The minimum absolute atomic E-state index is 0.553. The lowest BCUT2D eigenvalue weighted by Gasteiger charge is -2.37. The fourth-order valence-electron chi connectivity index (χ4n) is 4.35. The van der Waals surface area contributed by atoms with Crippen molar-refractivity contribution in [1.29, 1.82) is 0 Å². The smallest absolute Gasteiger partial charge is 0.162 e. The number of rotatable bonds is 6. The van der Waals surface area contributed by atoms with Crippen molar-refractivity contribution in [3.8, 4) is 11.5 Å². The molecule has 0 spiro atoms. The summed E-state index contributed by atoms with van der Waals surface area (Å²) in [6, 6.07) is 3.93. The molecule has 1 aliphatic carbocycles. The van der Waals surface area contributed by atoms with Crippen LogP contribution in [0.4, 0.5) is 5.82 Å². The molecular formula is C19H25IN4O2. The van der Waals surface area contributed by atoms with Gasteiger partial charge in [0.15, 0.2) is 11.5 Å². The van der Waals surface area contributed by atoms with Gasteiger partial charge in [-0.2, -0.15) is 0 Å². The third-order valence-electron chi connectivity index (χ3n) is 6.09. The summed E-state index contributed by atoms with van der Waals surface area (Å²) < 4.78 is 14.3. The van der Waals surface area contributed by atoms with E-state index in [1.807, 2.05) is 12.1 Å². The van der Waals surface area contributed by atoms with Gasteiger partial charge in [0.1, 0.15) is 12.1 Å². The van der Waals surface area contributed by atoms with Gasteiger partial charge in [-0.15, -0.1) is 0 Å². The van der Waals surface area contributed by atoms with E-state index < -0.39 is 0 Å². The summed E-state index contributed by atoms with van der Waals surface area (Å²) in [5.74, 6) is 3.25. The molecule has 1 saturated heterocycles. The van der Waals surface area contributed by atoms with E-state index in [1.54, 1.807) is 20.5 Å². The third kappa shape index (κ3) is 3.19. The standard InChI is InChI=1S/C19H25IN4O2/c1-25-16-9-14-15(10-17(16)26-2)21-12-22-18(14)24-7-3-13(4-8-24)19(5-6-19)11-23-20/h9-10,12-13,23H,3-8,11H2,1-2H3. The summed E-state index contributed by atoms with van der Waals surface area (Å²) in [7, 11) is 3.31. The van der Waals surface area contributed by atoms with Gasteiger partial charge >= 0.3 is 0 Å². The Bertz CT molecular complexity index is 788. The molecule has 0 atom stereocenters. The van der Waals surface area contributed by atoms with Crippen LogP contribution in [-0.4, -0.2) is 43.8 Å². The predicted octanol–water partition coefficient (Wildman–Crippen LogP) is 3.58. The van der Waals surface area contributed by atoms with Crippen LogP contribution >= 0.6 is 22.9 Å². The molecule has 0 radical (unpaired) electrons. The fourth-order valence-corrected chi connectivity index (χ4v) is 5.11. The number of nitrogens with one attached hydrogen (secondary N) is 1. The minimum Gasteiger partial charge on any atom is -0.493 e. The zero-order chi connectivity index (χ0) is 18.1. The zero-order valence-corrected chi connectivity index (χ0v) is 17.5. The van der Waals surface area contributed by atoms with E-state index in [1.165, 1.54) is 25.7 Å². The van der Waals surface area contributed by atoms with E-state index in [0.717, 1.165) is 48.0 Å². The summed E-state index contributed by atoms with van der Waals surface area (Å²) in [6.07, 6.45) is 6.87. The van der Waals surface area contributed by atoms with Gasteiger partial charge in [0.2, 0.25) is 0 Å². The van der Waals surface area contributed by atoms with E-state index >= 15 is 0 Å². The first-order chi connectivity index (χ1) is 12.7. The largest absolute Gasteiger partial charge is 0.493 e. The Morgan fingerprint density at radius 1 is 1.15 bits per heavy atom. The molecule has 0 unspecified atom stereocenters. The van der Waals surface area contributed by atoms with Crippen molar-refractivity contribution in [1.82, 2.24) is 13.5 Å². The van der Waals surface area contributed by atoms with E-state index in [0.29, 0.717) is 11.2 Å². The average molecular weight is 468 g/mol. The van der Waals surface area contributed by atoms with Gasteiger partial charge < -0.3 is 14.4 Å².